The predicted octanol–water partition coefficient (Wildman–Crippen LogP) is 3.31. The zero-order chi connectivity index (χ0) is 10.6. The van der Waals surface area contributed by atoms with Gasteiger partial charge in [-0.15, -0.1) is 0 Å². The molecular formula is C11H12ClNO. The van der Waals surface area contributed by atoms with Crippen molar-refractivity contribution < 1.29 is 4.74 Å². The third-order valence-corrected chi connectivity index (χ3v) is 2.25. The molecule has 0 aliphatic heterocycles. The van der Waals surface area contributed by atoms with Crippen molar-refractivity contribution in [2.75, 3.05) is 6.61 Å². The Balaban J connectivity index is 3.02. The van der Waals surface area contributed by atoms with E-state index in [1.54, 1.807) is 12.1 Å². The van der Waals surface area contributed by atoms with E-state index in [-0.39, 0.29) is 0 Å². The minimum atomic E-state index is 0.494. The summed E-state index contributed by atoms with van der Waals surface area (Å²) in [5.41, 5.74) is 1.42. The zero-order valence-corrected chi connectivity index (χ0v) is 9.06. The molecule has 0 N–H and O–H groups in total. The van der Waals surface area contributed by atoms with Crippen LogP contribution in [0.15, 0.2) is 12.1 Å². The SMILES string of the molecule is CCCOc1cc(C)c(Cl)cc1C#N. The molecule has 0 aromatic heterocycles. The van der Waals surface area contributed by atoms with Crippen molar-refractivity contribution in [1.29, 1.82) is 5.26 Å². The van der Waals surface area contributed by atoms with E-state index in [1.165, 1.54) is 0 Å². The Morgan fingerprint density at radius 2 is 2.21 bits per heavy atom. The van der Waals surface area contributed by atoms with Crippen molar-refractivity contribution in [3.05, 3.63) is 28.3 Å². The third-order valence-electron chi connectivity index (χ3n) is 1.84. The maximum absolute atomic E-state index is 8.84. The van der Waals surface area contributed by atoms with Crippen LogP contribution in [0.5, 0.6) is 5.75 Å². The van der Waals surface area contributed by atoms with E-state index in [4.69, 9.17) is 21.6 Å². The first-order chi connectivity index (χ1) is 6.69. The van der Waals surface area contributed by atoms with Gasteiger partial charge in [0.2, 0.25) is 0 Å². The maximum atomic E-state index is 8.84. The third kappa shape index (κ3) is 2.40. The van der Waals surface area contributed by atoms with E-state index in [1.807, 2.05) is 13.8 Å². The van der Waals surface area contributed by atoms with Gasteiger partial charge in [-0.2, -0.15) is 5.26 Å². The van der Waals surface area contributed by atoms with Gasteiger partial charge in [0.15, 0.2) is 0 Å². The number of nitriles is 1. The monoisotopic (exact) mass is 209 g/mol. The molecule has 3 heteroatoms. The lowest BCUT2D eigenvalue weighted by molar-refractivity contribution is 0.316. The van der Waals surface area contributed by atoms with Gasteiger partial charge in [0.1, 0.15) is 11.8 Å². The first kappa shape index (κ1) is 10.9. The van der Waals surface area contributed by atoms with Crippen molar-refractivity contribution in [2.24, 2.45) is 0 Å². The molecule has 0 saturated carbocycles. The van der Waals surface area contributed by atoms with Gasteiger partial charge in [0.25, 0.3) is 0 Å². The molecule has 0 saturated heterocycles. The van der Waals surface area contributed by atoms with Crippen LogP contribution in [0.1, 0.15) is 24.5 Å². The lowest BCUT2D eigenvalue weighted by atomic mass is 10.1. The lowest BCUT2D eigenvalue weighted by Crippen LogP contribution is -1.97. The second kappa shape index (κ2) is 4.88. The molecule has 0 bridgehead atoms. The predicted molar refractivity (Wildman–Crippen MR) is 56.7 cm³/mol. The van der Waals surface area contributed by atoms with Crippen molar-refractivity contribution in [3.8, 4) is 11.8 Å². The number of hydrogen-bond donors (Lipinski definition) is 0. The highest BCUT2D eigenvalue weighted by Gasteiger charge is 2.06. The molecule has 1 aromatic rings. The largest absolute Gasteiger partial charge is 0.492 e. The Kier molecular flexibility index (Phi) is 3.79. The van der Waals surface area contributed by atoms with Crippen LogP contribution in [0.25, 0.3) is 0 Å². The summed E-state index contributed by atoms with van der Waals surface area (Å²) in [6.45, 7) is 4.53. The molecule has 0 aliphatic carbocycles. The first-order valence-corrected chi connectivity index (χ1v) is 4.90. The van der Waals surface area contributed by atoms with E-state index in [0.717, 1.165) is 12.0 Å². The number of halogens is 1. The Hall–Kier alpha value is -1.20. The van der Waals surface area contributed by atoms with Crippen molar-refractivity contribution >= 4 is 11.6 Å². The molecule has 0 spiro atoms. The summed E-state index contributed by atoms with van der Waals surface area (Å²) >= 11 is 5.89. The molecule has 74 valence electrons. The van der Waals surface area contributed by atoms with Crippen molar-refractivity contribution in [1.82, 2.24) is 0 Å². The second-order valence-electron chi connectivity index (χ2n) is 3.06. The molecule has 0 atom stereocenters. The number of nitrogens with zero attached hydrogens (tertiary/aromatic N) is 1. The number of benzene rings is 1. The fraction of sp³-hybridized carbons (Fsp3) is 0.364. The minimum absolute atomic E-state index is 0.494. The highest BCUT2D eigenvalue weighted by Crippen LogP contribution is 2.26. The standard InChI is InChI=1S/C11H12ClNO/c1-3-4-14-11-5-8(2)10(12)6-9(11)7-13/h5-6H,3-4H2,1-2H3. The summed E-state index contributed by atoms with van der Waals surface area (Å²) in [5, 5.41) is 9.45. The molecule has 2 nitrogen and oxygen atoms in total. The van der Waals surface area contributed by atoms with E-state index in [2.05, 4.69) is 6.07 Å². The molecule has 1 rings (SSSR count). The van der Waals surface area contributed by atoms with Gasteiger partial charge in [0.05, 0.1) is 12.2 Å². The Labute approximate surface area is 89.1 Å². The number of rotatable bonds is 3. The first-order valence-electron chi connectivity index (χ1n) is 4.52. The van der Waals surface area contributed by atoms with Gasteiger partial charge in [-0.25, -0.2) is 0 Å². The van der Waals surface area contributed by atoms with Crippen LogP contribution < -0.4 is 4.74 Å². The molecule has 0 radical (unpaired) electrons. The summed E-state index contributed by atoms with van der Waals surface area (Å²) in [6, 6.07) is 5.51. The molecule has 14 heavy (non-hydrogen) atoms. The average molecular weight is 210 g/mol. The molecule has 0 amide bonds. The van der Waals surface area contributed by atoms with Crippen molar-refractivity contribution in [3.63, 3.8) is 0 Å². The normalized spacial score (nSPS) is 9.57. The van der Waals surface area contributed by atoms with Crippen LogP contribution in [-0.4, -0.2) is 6.61 Å². The van der Waals surface area contributed by atoms with Crippen LogP contribution in [0.2, 0.25) is 5.02 Å². The van der Waals surface area contributed by atoms with E-state index >= 15 is 0 Å². The topological polar surface area (TPSA) is 33.0 Å². The Morgan fingerprint density at radius 1 is 1.50 bits per heavy atom. The van der Waals surface area contributed by atoms with E-state index < -0.39 is 0 Å². The summed E-state index contributed by atoms with van der Waals surface area (Å²) in [7, 11) is 0. The lowest BCUT2D eigenvalue weighted by Gasteiger charge is -2.08. The van der Waals surface area contributed by atoms with Crippen LogP contribution in [-0.2, 0) is 0 Å². The molecule has 0 fully saturated rings. The fourth-order valence-electron chi connectivity index (χ4n) is 1.07. The fourth-order valence-corrected chi connectivity index (χ4v) is 1.24. The summed E-state index contributed by atoms with van der Waals surface area (Å²) in [5.74, 6) is 0.622. The summed E-state index contributed by atoms with van der Waals surface area (Å²) in [6.07, 6.45) is 0.923. The average Bonchev–Trinajstić information content (AvgIpc) is 2.19. The Morgan fingerprint density at radius 3 is 2.79 bits per heavy atom. The maximum Gasteiger partial charge on any atom is 0.137 e. The van der Waals surface area contributed by atoms with E-state index in [9.17, 15) is 0 Å². The van der Waals surface area contributed by atoms with Gasteiger partial charge in [-0.3, -0.25) is 0 Å². The Bertz CT molecular complexity index is 368. The van der Waals surface area contributed by atoms with Gasteiger partial charge in [-0.1, -0.05) is 18.5 Å². The number of ether oxygens (including phenoxy) is 1. The summed E-state index contributed by atoms with van der Waals surface area (Å²) < 4.78 is 5.43. The van der Waals surface area contributed by atoms with E-state index in [0.29, 0.717) is 22.9 Å². The van der Waals surface area contributed by atoms with Crippen LogP contribution in [0, 0.1) is 18.3 Å². The van der Waals surface area contributed by atoms with Crippen LogP contribution in [0.4, 0.5) is 0 Å². The highest BCUT2D eigenvalue weighted by atomic mass is 35.5. The minimum Gasteiger partial charge on any atom is -0.492 e. The number of aryl methyl sites for hydroxylation is 1. The molecule has 1 aromatic carbocycles. The smallest absolute Gasteiger partial charge is 0.137 e. The van der Waals surface area contributed by atoms with Gasteiger partial charge < -0.3 is 4.74 Å². The van der Waals surface area contributed by atoms with Crippen LogP contribution in [0.3, 0.4) is 0 Å². The molecule has 0 heterocycles. The van der Waals surface area contributed by atoms with Crippen molar-refractivity contribution in [2.45, 2.75) is 20.3 Å². The summed E-state index contributed by atoms with van der Waals surface area (Å²) in [4.78, 5) is 0. The number of hydrogen-bond acceptors (Lipinski definition) is 2. The van der Waals surface area contributed by atoms with Gasteiger partial charge in [-0.05, 0) is 31.0 Å². The highest BCUT2D eigenvalue weighted by molar-refractivity contribution is 6.31. The zero-order valence-electron chi connectivity index (χ0n) is 8.30. The quantitative estimate of drug-likeness (QED) is 0.765. The molecule has 0 aliphatic rings. The molecule has 0 unspecified atom stereocenters. The van der Waals surface area contributed by atoms with Crippen LogP contribution >= 0.6 is 11.6 Å². The van der Waals surface area contributed by atoms with Gasteiger partial charge >= 0.3 is 0 Å². The molecular weight excluding hydrogens is 198 g/mol. The van der Waals surface area contributed by atoms with Gasteiger partial charge in [0, 0.05) is 5.02 Å². The second-order valence-corrected chi connectivity index (χ2v) is 3.47.